The molecule has 0 aliphatic carbocycles. The minimum atomic E-state index is -0.651. The van der Waals surface area contributed by atoms with Crippen molar-refractivity contribution in [3.63, 3.8) is 0 Å². The summed E-state index contributed by atoms with van der Waals surface area (Å²) in [6.45, 7) is 5.03. The molecule has 1 fully saturated rings. The molecule has 1 aliphatic heterocycles. The zero-order valence-corrected chi connectivity index (χ0v) is 9.15. The maximum Gasteiger partial charge on any atom is 0.330 e. The Morgan fingerprint density at radius 1 is 1.60 bits per heavy atom. The average molecular weight is 213 g/mol. The minimum absolute atomic E-state index is 0.127. The van der Waals surface area contributed by atoms with Gasteiger partial charge in [-0.15, -0.1) is 5.06 Å². The monoisotopic (exact) mass is 213 g/mol. The molecule has 0 saturated carbocycles. The quantitative estimate of drug-likeness (QED) is 0.653. The standard InChI is InChI=1S/C10H15NO4/c1-4-6(2)8-5-9(13)11(10(8)14)15-7(3)12/h6,8H,4-5H2,1-3H3. The predicted octanol–water partition coefficient (Wildman–Crippen LogP) is 0.886. The Labute approximate surface area is 88.3 Å². The average Bonchev–Trinajstić information content (AvgIpc) is 2.44. The van der Waals surface area contributed by atoms with E-state index in [0.29, 0.717) is 5.06 Å². The Morgan fingerprint density at radius 3 is 2.67 bits per heavy atom. The fraction of sp³-hybridized carbons (Fsp3) is 0.700. The van der Waals surface area contributed by atoms with Crippen LogP contribution in [0.25, 0.3) is 0 Å². The van der Waals surface area contributed by atoms with Crippen molar-refractivity contribution in [1.82, 2.24) is 5.06 Å². The number of rotatable bonds is 3. The summed E-state index contributed by atoms with van der Waals surface area (Å²) in [5.41, 5.74) is 0. The van der Waals surface area contributed by atoms with Gasteiger partial charge in [0.2, 0.25) is 0 Å². The van der Waals surface area contributed by atoms with Crippen LogP contribution in [-0.4, -0.2) is 22.8 Å². The third kappa shape index (κ3) is 2.34. The van der Waals surface area contributed by atoms with Gasteiger partial charge in [0.1, 0.15) is 0 Å². The van der Waals surface area contributed by atoms with Crippen LogP contribution < -0.4 is 0 Å². The highest BCUT2D eigenvalue weighted by molar-refractivity contribution is 6.03. The first-order chi connectivity index (χ1) is 6.97. The van der Waals surface area contributed by atoms with Gasteiger partial charge >= 0.3 is 5.97 Å². The summed E-state index contributed by atoms with van der Waals surface area (Å²) in [7, 11) is 0. The molecule has 0 aromatic heterocycles. The number of hydrogen-bond donors (Lipinski definition) is 0. The number of nitrogens with zero attached hydrogens (tertiary/aromatic N) is 1. The molecular formula is C10H15NO4. The van der Waals surface area contributed by atoms with E-state index in [-0.39, 0.29) is 18.3 Å². The molecule has 0 spiro atoms. The summed E-state index contributed by atoms with van der Waals surface area (Å²) >= 11 is 0. The largest absolute Gasteiger partial charge is 0.331 e. The van der Waals surface area contributed by atoms with Crippen molar-refractivity contribution in [1.29, 1.82) is 0 Å². The summed E-state index contributed by atoms with van der Waals surface area (Å²) in [4.78, 5) is 38.3. The van der Waals surface area contributed by atoms with E-state index >= 15 is 0 Å². The van der Waals surface area contributed by atoms with E-state index in [2.05, 4.69) is 4.84 Å². The molecule has 2 unspecified atom stereocenters. The van der Waals surface area contributed by atoms with Crippen LogP contribution in [0.1, 0.15) is 33.6 Å². The maximum atomic E-state index is 11.7. The molecule has 0 aromatic carbocycles. The molecule has 1 rings (SSSR count). The summed E-state index contributed by atoms with van der Waals surface area (Å²) in [6.07, 6.45) is 0.957. The zero-order valence-electron chi connectivity index (χ0n) is 9.15. The molecule has 1 heterocycles. The van der Waals surface area contributed by atoms with E-state index < -0.39 is 17.8 Å². The predicted molar refractivity (Wildman–Crippen MR) is 51.2 cm³/mol. The van der Waals surface area contributed by atoms with Gasteiger partial charge in [0.15, 0.2) is 0 Å². The van der Waals surface area contributed by atoms with Gasteiger partial charge < -0.3 is 4.84 Å². The van der Waals surface area contributed by atoms with Crippen molar-refractivity contribution in [3.8, 4) is 0 Å². The van der Waals surface area contributed by atoms with Crippen molar-refractivity contribution in [3.05, 3.63) is 0 Å². The molecule has 1 aliphatic rings. The number of hydroxylamine groups is 2. The van der Waals surface area contributed by atoms with Crippen LogP contribution in [0.2, 0.25) is 0 Å². The summed E-state index contributed by atoms with van der Waals surface area (Å²) in [5, 5.41) is 0.596. The molecule has 0 bridgehead atoms. The lowest BCUT2D eigenvalue weighted by Crippen LogP contribution is -2.33. The van der Waals surface area contributed by atoms with Crippen molar-refractivity contribution in [2.24, 2.45) is 11.8 Å². The first-order valence-electron chi connectivity index (χ1n) is 5.02. The van der Waals surface area contributed by atoms with Gasteiger partial charge in [0.05, 0.1) is 5.92 Å². The second-order valence-electron chi connectivity index (χ2n) is 3.81. The Balaban J connectivity index is 2.74. The van der Waals surface area contributed by atoms with Gasteiger partial charge in [0, 0.05) is 13.3 Å². The molecule has 84 valence electrons. The topological polar surface area (TPSA) is 63.7 Å². The first-order valence-corrected chi connectivity index (χ1v) is 5.02. The molecule has 2 atom stereocenters. The van der Waals surface area contributed by atoms with E-state index in [1.807, 2.05) is 13.8 Å². The molecule has 0 aromatic rings. The Kier molecular flexibility index (Phi) is 3.44. The van der Waals surface area contributed by atoms with Gasteiger partial charge in [-0.1, -0.05) is 20.3 Å². The van der Waals surface area contributed by atoms with Crippen molar-refractivity contribution < 1.29 is 19.2 Å². The molecule has 0 radical (unpaired) electrons. The third-order valence-corrected chi connectivity index (χ3v) is 2.69. The van der Waals surface area contributed by atoms with Gasteiger partial charge in [-0.05, 0) is 5.92 Å². The van der Waals surface area contributed by atoms with E-state index in [1.54, 1.807) is 0 Å². The third-order valence-electron chi connectivity index (χ3n) is 2.69. The molecule has 5 heteroatoms. The van der Waals surface area contributed by atoms with Crippen LogP contribution in [0.5, 0.6) is 0 Å². The number of hydrogen-bond acceptors (Lipinski definition) is 4. The lowest BCUT2D eigenvalue weighted by atomic mass is 9.91. The van der Waals surface area contributed by atoms with Gasteiger partial charge in [-0.2, -0.15) is 0 Å². The molecule has 0 N–H and O–H groups in total. The molecule has 5 nitrogen and oxygen atoms in total. The van der Waals surface area contributed by atoms with Crippen molar-refractivity contribution in [2.45, 2.75) is 33.6 Å². The number of amides is 2. The highest BCUT2D eigenvalue weighted by Gasteiger charge is 2.43. The fourth-order valence-corrected chi connectivity index (χ4v) is 1.59. The van der Waals surface area contributed by atoms with Crippen LogP contribution in [0.3, 0.4) is 0 Å². The summed E-state index contributed by atoms with van der Waals surface area (Å²) in [6, 6.07) is 0. The van der Waals surface area contributed by atoms with Gasteiger partial charge in [0.25, 0.3) is 11.8 Å². The molecule has 1 saturated heterocycles. The van der Waals surface area contributed by atoms with E-state index in [0.717, 1.165) is 13.3 Å². The lowest BCUT2D eigenvalue weighted by molar-refractivity contribution is -0.196. The van der Waals surface area contributed by atoms with Crippen molar-refractivity contribution >= 4 is 17.8 Å². The Hall–Kier alpha value is -1.39. The number of carbonyl (C=O) groups excluding carboxylic acids is 3. The number of carbonyl (C=O) groups is 3. The maximum absolute atomic E-state index is 11.7. The summed E-state index contributed by atoms with van der Waals surface area (Å²) < 4.78 is 0. The summed E-state index contributed by atoms with van der Waals surface area (Å²) in [5.74, 6) is -1.70. The fourth-order valence-electron chi connectivity index (χ4n) is 1.59. The zero-order chi connectivity index (χ0) is 11.6. The van der Waals surface area contributed by atoms with Gasteiger partial charge in [-0.3, -0.25) is 9.59 Å². The Morgan fingerprint density at radius 2 is 2.20 bits per heavy atom. The second-order valence-corrected chi connectivity index (χ2v) is 3.81. The second kappa shape index (κ2) is 4.42. The van der Waals surface area contributed by atoms with Gasteiger partial charge in [-0.25, -0.2) is 4.79 Å². The van der Waals surface area contributed by atoms with Crippen LogP contribution in [0, 0.1) is 11.8 Å². The van der Waals surface area contributed by atoms with Crippen LogP contribution >= 0.6 is 0 Å². The van der Waals surface area contributed by atoms with E-state index in [1.165, 1.54) is 0 Å². The van der Waals surface area contributed by atoms with Crippen LogP contribution in [-0.2, 0) is 19.2 Å². The minimum Gasteiger partial charge on any atom is -0.331 e. The van der Waals surface area contributed by atoms with E-state index in [4.69, 9.17) is 0 Å². The SMILES string of the molecule is CCC(C)C1CC(=O)N(OC(C)=O)C1=O. The van der Waals surface area contributed by atoms with Crippen LogP contribution in [0.15, 0.2) is 0 Å². The first kappa shape index (κ1) is 11.7. The van der Waals surface area contributed by atoms with Crippen molar-refractivity contribution in [2.75, 3.05) is 0 Å². The van der Waals surface area contributed by atoms with E-state index in [9.17, 15) is 14.4 Å². The highest BCUT2D eigenvalue weighted by Crippen LogP contribution is 2.28. The normalized spacial score (nSPS) is 23.1. The lowest BCUT2D eigenvalue weighted by Gasteiger charge is -2.15. The molecule has 2 amide bonds. The smallest absolute Gasteiger partial charge is 0.330 e. The Bertz CT molecular complexity index is 300. The number of imide groups is 1. The van der Waals surface area contributed by atoms with Crippen LogP contribution in [0.4, 0.5) is 0 Å². The molecular weight excluding hydrogens is 198 g/mol. The molecule has 15 heavy (non-hydrogen) atoms. The highest BCUT2D eigenvalue weighted by atomic mass is 16.7.